The van der Waals surface area contributed by atoms with E-state index in [1.165, 1.54) is 6.92 Å². The summed E-state index contributed by atoms with van der Waals surface area (Å²) in [4.78, 5) is 23.4. The summed E-state index contributed by atoms with van der Waals surface area (Å²) in [5, 5.41) is 0.606. The van der Waals surface area contributed by atoms with Crippen LogP contribution in [0.2, 0.25) is 5.02 Å². The Hall–Kier alpha value is -2.39. The minimum Gasteiger partial charge on any atom is -0.462 e. The lowest BCUT2D eigenvalue weighted by Gasteiger charge is -2.09. The van der Waals surface area contributed by atoms with Crippen molar-refractivity contribution in [3.8, 4) is 0 Å². The van der Waals surface area contributed by atoms with Crippen LogP contribution in [0.25, 0.3) is 0 Å². The van der Waals surface area contributed by atoms with Gasteiger partial charge in [0.1, 0.15) is 6.61 Å². The van der Waals surface area contributed by atoms with E-state index in [1.54, 1.807) is 30.3 Å². The first-order valence-electron chi connectivity index (χ1n) is 7.66. The molecule has 0 aliphatic carbocycles. The van der Waals surface area contributed by atoms with Gasteiger partial charge in [-0.25, -0.2) is 0 Å². The highest BCUT2D eigenvalue weighted by atomic mass is 35.5. The van der Waals surface area contributed by atoms with Gasteiger partial charge in [0, 0.05) is 23.1 Å². The molecule has 0 aliphatic rings. The maximum absolute atomic E-state index is 12.7. The highest BCUT2D eigenvalue weighted by Gasteiger charge is 2.13. The largest absolute Gasteiger partial charge is 0.462 e. The molecule has 0 atom stereocenters. The summed E-state index contributed by atoms with van der Waals surface area (Å²) < 4.78 is 4.85. The van der Waals surface area contributed by atoms with Crippen molar-refractivity contribution in [2.24, 2.45) is 0 Å². The fourth-order valence-corrected chi connectivity index (χ4v) is 2.48. The van der Waals surface area contributed by atoms with Crippen LogP contribution in [0.4, 0.5) is 0 Å². The Morgan fingerprint density at radius 1 is 1.08 bits per heavy atom. The van der Waals surface area contributed by atoms with E-state index in [1.807, 2.05) is 31.2 Å². The smallest absolute Gasteiger partial charge is 0.302 e. The lowest BCUT2D eigenvalue weighted by molar-refractivity contribution is -0.139. The van der Waals surface area contributed by atoms with Crippen LogP contribution in [0.3, 0.4) is 0 Å². The van der Waals surface area contributed by atoms with Crippen LogP contribution in [-0.2, 0) is 16.0 Å². The molecule has 0 fully saturated rings. The molecule has 0 bridgehead atoms. The summed E-state index contributed by atoms with van der Waals surface area (Å²) in [7, 11) is 0. The minimum atomic E-state index is -0.300. The van der Waals surface area contributed by atoms with Crippen molar-refractivity contribution in [2.45, 2.75) is 20.3 Å². The first-order valence-corrected chi connectivity index (χ1v) is 8.04. The van der Waals surface area contributed by atoms with Gasteiger partial charge in [0.05, 0.1) is 0 Å². The minimum absolute atomic E-state index is 0.0186. The van der Waals surface area contributed by atoms with Crippen LogP contribution in [0, 0.1) is 6.92 Å². The molecule has 2 rings (SSSR count). The van der Waals surface area contributed by atoms with Crippen LogP contribution < -0.4 is 0 Å². The molecule has 0 saturated carbocycles. The lowest BCUT2D eigenvalue weighted by Crippen LogP contribution is -2.05. The highest BCUT2D eigenvalue weighted by Crippen LogP contribution is 2.20. The van der Waals surface area contributed by atoms with E-state index in [4.69, 9.17) is 16.3 Å². The van der Waals surface area contributed by atoms with E-state index in [-0.39, 0.29) is 18.4 Å². The molecule has 0 heterocycles. The van der Waals surface area contributed by atoms with Gasteiger partial charge in [0.25, 0.3) is 0 Å². The molecule has 2 aromatic carbocycles. The quantitative estimate of drug-likeness (QED) is 0.439. The number of esters is 1. The zero-order valence-corrected chi connectivity index (χ0v) is 14.5. The second-order valence-corrected chi connectivity index (χ2v) is 5.84. The molecule has 3 nitrogen and oxygen atoms in total. The number of rotatable bonds is 6. The fraction of sp³-hybridized carbons (Fsp3) is 0.200. The van der Waals surface area contributed by atoms with Gasteiger partial charge in [-0.15, -0.1) is 0 Å². The van der Waals surface area contributed by atoms with E-state index in [9.17, 15) is 9.59 Å². The molecular weight excluding hydrogens is 324 g/mol. The number of carbonyl (C=O) groups is 2. The lowest BCUT2D eigenvalue weighted by atomic mass is 9.94. The summed E-state index contributed by atoms with van der Waals surface area (Å²) >= 11 is 5.87. The standard InChI is InChI=1S/C20H19ClO3/c1-14-16(6-3-4-13-24-15(2)22)7-5-8-19(14)20(23)17-9-11-18(21)12-10-17/h3-5,7-12H,6,13H2,1-2H3. The van der Waals surface area contributed by atoms with Gasteiger partial charge in [0.2, 0.25) is 0 Å². The van der Waals surface area contributed by atoms with E-state index in [0.29, 0.717) is 22.6 Å². The summed E-state index contributed by atoms with van der Waals surface area (Å²) in [6, 6.07) is 12.6. The predicted octanol–water partition coefficient (Wildman–Crippen LogP) is 4.54. The number of hydrogen-bond acceptors (Lipinski definition) is 3. The van der Waals surface area contributed by atoms with Gasteiger partial charge in [-0.2, -0.15) is 0 Å². The molecule has 0 N–H and O–H groups in total. The van der Waals surface area contributed by atoms with Crippen molar-refractivity contribution in [3.05, 3.63) is 81.9 Å². The maximum Gasteiger partial charge on any atom is 0.302 e. The number of carbonyl (C=O) groups excluding carboxylic acids is 2. The summed E-state index contributed by atoms with van der Waals surface area (Å²) in [6.45, 7) is 3.58. The first-order chi connectivity index (χ1) is 11.5. The molecular formula is C20H19ClO3. The normalized spacial score (nSPS) is 10.8. The summed E-state index contributed by atoms with van der Waals surface area (Å²) in [6.07, 6.45) is 4.41. The van der Waals surface area contributed by atoms with Crippen molar-refractivity contribution in [2.75, 3.05) is 6.61 Å². The van der Waals surface area contributed by atoms with Crippen molar-refractivity contribution in [3.63, 3.8) is 0 Å². The van der Waals surface area contributed by atoms with Gasteiger partial charge < -0.3 is 4.74 Å². The van der Waals surface area contributed by atoms with Crippen LogP contribution in [0.1, 0.15) is 34.0 Å². The zero-order valence-electron chi connectivity index (χ0n) is 13.7. The molecule has 0 aromatic heterocycles. The summed E-state index contributed by atoms with van der Waals surface area (Å²) in [5.41, 5.74) is 3.32. The van der Waals surface area contributed by atoms with E-state index >= 15 is 0 Å². The second kappa shape index (κ2) is 8.46. The molecule has 0 aliphatic heterocycles. The van der Waals surface area contributed by atoms with Crippen molar-refractivity contribution in [1.82, 2.24) is 0 Å². The predicted molar refractivity (Wildman–Crippen MR) is 95.5 cm³/mol. The first kappa shape index (κ1) is 18.0. The second-order valence-electron chi connectivity index (χ2n) is 5.40. The molecule has 124 valence electrons. The number of benzene rings is 2. The van der Waals surface area contributed by atoms with E-state index in [0.717, 1.165) is 11.1 Å². The van der Waals surface area contributed by atoms with Crippen LogP contribution >= 0.6 is 11.6 Å². The van der Waals surface area contributed by atoms with Crippen molar-refractivity contribution in [1.29, 1.82) is 0 Å². The monoisotopic (exact) mass is 342 g/mol. The Bertz CT molecular complexity index is 761. The van der Waals surface area contributed by atoms with Crippen LogP contribution in [0.5, 0.6) is 0 Å². The van der Waals surface area contributed by atoms with Crippen molar-refractivity contribution < 1.29 is 14.3 Å². The Morgan fingerprint density at radius 3 is 2.46 bits per heavy atom. The SMILES string of the molecule is CC(=O)OCC=CCc1cccc(C(=O)c2ccc(Cl)cc2)c1C. The average molecular weight is 343 g/mol. The summed E-state index contributed by atoms with van der Waals surface area (Å²) in [5.74, 6) is -0.318. The molecule has 0 radical (unpaired) electrons. The third kappa shape index (κ3) is 4.80. The van der Waals surface area contributed by atoms with E-state index < -0.39 is 0 Å². The van der Waals surface area contributed by atoms with E-state index in [2.05, 4.69) is 0 Å². The number of ether oxygens (including phenoxy) is 1. The third-order valence-corrected chi connectivity index (χ3v) is 3.94. The number of hydrogen-bond donors (Lipinski definition) is 0. The molecule has 0 spiro atoms. The fourth-order valence-electron chi connectivity index (χ4n) is 2.35. The number of halogens is 1. The van der Waals surface area contributed by atoms with Gasteiger partial charge >= 0.3 is 5.97 Å². The number of allylic oxidation sites excluding steroid dienone is 1. The molecule has 0 unspecified atom stereocenters. The molecule has 2 aromatic rings. The molecule has 24 heavy (non-hydrogen) atoms. The Kier molecular flexibility index (Phi) is 6.33. The van der Waals surface area contributed by atoms with Crippen LogP contribution in [-0.4, -0.2) is 18.4 Å². The van der Waals surface area contributed by atoms with Gasteiger partial charge in [0.15, 0.2) is 5.78 Å². The Labute approximate surface area is 146 Å². The number of ketones is 1. The van der Waals surface area contributed by atoms with Crippen LogP contribution in [0.15, 0.2) is 54.6 Å². The van der Waals surface area contributed by atoms with Gasteiger partial charge in [-0.1, -0.05) is 42.0 Å². The topological polar surface area (TPSA) is 43.4 Å². The average Bonchev–Trinajstić information content (AvgIpc) is 2.56. The maximum atomic E-state index is 12.7. The zero-order chi connectivity index (χ0) is 17.5. The Balaban J connectivity index is 2.13. The Morgan fingerprint density at radius 2 is 1.79 bits per heavy atom. The van der Waals surface area contributed by atoms with Crippen molar-refractivity contribution >= 4 is 23.4 Å². The molecule has 4 heteroatoms. The highest BCUT2D eigenvalue weighted by molar-refractivity contribution is 6.30. The molecule has 0 amide bonds. The van der Waals surface area contributed by atoms with Gasteiger partial charge in [-0.3, -0.25) is 9.59 Å². The van der Waals surface area contributed by atoms with Gasteiger partial charge in [-0.05, 0) is 48.7 Å². The molecule has 0 saturated heterocycles. The third-order valence-electron chi connectivity index (χ3n) is 3.68.